The lowest BCUT2D eigenvalue weighted by Crippen LogP contribution is -2.13. The molecule has 1 N–H and O–H groups in total. The van der Waals surface area contributed by atoms with Crippen molar-refractivity contribution >= 4 is 51.9 Å². The Labute approximate surface area is 141 Å². The maximum Gasteiger partial charge on any atom is 0.266 e. The van der Waals surface area contributed by atoms with Gasteiger partial charge in [-0.3, -0.25) is 4.79 Å². The number of nitrogens with zero attached hydrogens (tertiary/aromatic N) is 1. The molecule has 0 bridgehead atoms. The minimum Gasteiger partial charge on any atom is -0.321 e. The van der Waals surface area contributed by atoms with Crippen LogP contribution < -0.4 is 5.32 Å². The number of halogens is 2. The summed E-state index contributed by atoms with van der Waals surface area (Å²) in [7, 11) is 0. The number of rotatable bonds is 3. The molecule has 0 aliphatic heterocycles. The zero-order valence-electron chi connectivity index (χ0n) is 10.8. The Hall–Kier alpha value is -1.84. The molecule has 0 unspecified atom stereocenters. The summed E-state index contributed by atoms with van der Waals surface area (Å²) >= 11 is 8.06. The minimum atomic E-state index is -0.446. The van der Waals surface area contributed by atoms with Crippen molar-refractivity contribution < 1.29 is 4.79 Å². The highest BCUT2D eigenvalue weighted by Crippen LogP contribution is 2.16. The molecule has 104 valence electrons. The van der Waals surface area contributed by atoms with Crippen LogP contribution in [0, 0.1) is 14.9 Å². The number of carbonyl (C=O) groups is 1. The van der Waals surface area contributed by atoms with Gasteiger partial charge in [-0.2, -0.15) is 5.26 Å². The van der Waals surface area contributed by atoms with E-state index in [2.05, 4.69) is 27.9 Å². The number of carbonyl (C=O) groups excluding carboxylic acids is 1. The van der Waals surface area contributed by atoms with Crippen LogP contribution in [-0.2, 0) is 4.79 Å². The van der Waals surface area contributed by atoms with E-state index < -0.39 is 5.91 Å². The monoisotopic (exact) mass is 408 g/mol. The molecule has 1 amide bonds. The van der Waals surface area contributed by atoms with Crippen molar-refractivity contribution in [3.8, 4) is 6.07 Å². The van der Waals surface area contributed by atoms with E-state index in [4.69, 9.17) is 16.9 Å². The van der Waals surface area contributed by atoms with Crippen molar-refractivity contribution in [2.75, 3.05) is 5.32 Å². The highest BCUT2D eigenvalue weighted by atomic mass is 127. The van der Waals surface area contributed by atoms with E-state index in [1.54, 1.807) is 36.4 Å². The SMILES string of the molecule is N#C/C(=C/c1cccc(Cl)c1)C(=O)Nc1ccc(I)cc1. The van der Waals surface area contributed by atoms with Crippen LogP contribution in [0.1, 0.15) is 5.56 Å². The Morgan fingerprint density at radius 2 is 1.95 bits per heavy atom. The van der Waals surface area contributed by atoms with Crippen molar-refractivity contribution in [2.45, 2.75) is 0 Å². The van der Waals surface area contributed by atoms with E-state index in [9.17, 15) is 4.79 Å². The van der Waals surface area contributed by atoms with Crippen LogP contribution in [0.2, 0.25) is 5.02 Å². The van der Waals surface area contributed by atoms with Gasteiger partial charge >= 0.3 is 0 Å². The number of nitriles is 1. The predicted molar refractivity (Wildman–Crippen MR) is 92.8 cm³/mol. The van der Waals surface area contributed by atoms with Gasteiger partial charge in [-0.15, -0.1) is 0 Å². The molecule has 2 rings (SSSR count). The fourth-order valence-corrected chi connectivity index (χ4v) is 2.20. The Kier molecular flexibility index (Phi) is 5.37. The Morgan fingerprint density at radius 3 is 2.57 bits per heavy atom. The van der Waals surface area contributed by atoms with Crippen molar-refractivity contribution in [1.29, 1.82) is 5.26 Å². The standard InChI is InChI=1S/C16H10ClIN2O/c17-13-3-1-2-11(9-13)8-12(10-19)16(21)20-15-6-4-14(18)5-7-15/h1-9H,(H,20,21)/b12-8-. The molecule has 21 heavy (non-hydrogen) atoms. The Bertz CT molecular complexity index is 733. The van der Waals surface area contributed by atoms with Crippen LogP contribution >= 0.6 is 34.2 Å². The second kappa shape index (κ2) is 7.25. The lowest BCUT2D eigenvalue weighted by atomic mass is 10.1. The zero-order chi connectivity index (χ0) is 15.2. The van der Waals surface area contributed by atoms with Crippen molar-refractivity contribution in [1.82, 2.24) is 0 Å². The molecule has 0 saturated heterocycles. The first kappa shape index (κ1) is 15.5. The summed E-state index contributed by atoms with van der Waals surface area (Å²) in [6.07, 6.45) is 1.51. The van der Waals surface area contributed by atoms with Crippen molar-refractivity contribution in [2.24, 2.45) is 0 Å². The smallest absolute Gasteiger partial charge is 0.266 e. The summed E-state index contributed by atoms with van der Waals surface area (Å²) in [6.45, 7) is 0. The quantitative estimate of drug-likeness (QED) is 0.462. The number of nitrogens with one attached hydrogen (secondary N) is 1. The molecule has 0 heterocycles. The molecular formula is C16H10ClIN2O. The van der Waals surface area contributed by atoms with Crippen LogP contribution in [-0.4, -0.2) is 5.91 Å². The van der Waals surface area contributed by atoms with Crippen LogP contribution in [0.3, 0.4) is 0 Å². The third-order valence-electron chi connectivity index (χ3n) is 2.63. The molecule has 0 aliphatic carbocycles. The summed E-state index contributed by atoms with van der Waals surface area (Å²) in [5, 5.41) is 12.4. The molecule has 2 aromatic rings. The normalized spacial score (nSPS) is 10.8. The first-order valence-electron chi connectivity index (χ1n) is 6.03. The van der Waals surface area contributed by atoms with Gasteiger partial charge in [0, 0.05) is 14.3 Å². The summed E-state index contributed by atoms with van der Waals surface area (Å²) in [5.74, 6) is -0.446. The molecule has 0 atom stereocenters. The van der Waals surface area contributed by atoms with Gasteiger partial charge in [-0.05, 0) is 70.6 Å². The number of benzene rings is 2. The first-order valence-corrected chi connectivity index (χ1v) is 7.48. The molecule has 0 saturated carbocycles. The largest absolute Gasteiger partial charge is 0.321 e. The van der Waals surface area contributed by atoms with Gasteiger partial charge in [0.15, 0.2) is 0 Å². The van der Waals surface area contributed by atoms with E-state index >= 15 is 0 Å². The van der Waals surface area contributed by atoms with Crippen LogP contribution in [0.5, 0.6) is 0 Å². The van der Waals surface area contributed by atoms with Gasteiger partial charge in [0.05, 0.1) is 0 Å². The average molecular weight is 409 g/mol. The third kappa shape index (κ3) is 4.59. The summed E-state index contributed by atoms with van der Waals surface area (Å²) in [6, 6.07) is 16.2. The van der Waals surface area contributed by atoms with Gasteiger partial charge in [-0.25, -0.2) is 0 Å². The molecule has 0 spiro atoms. The van der Waals surface area contributed by atoms with Crippen LogP contribution in [0.15, 0.2) is 54.1 Å². The van der Waals surface area contributed by atoms with Gasteiger partial charge in [-0.1, -0.05) is 23.7 Å². The number of anilines is 1. The molecule has 0 fully saturated rings. The fourth-order valence-electron chi connectivity index (χ4n) is 1.64. The molecule has 0 radical (unpaired) electrons. The topological polar surface area (TPSA) is 52.9 Å². The fraction of sp³-hybridized carbons (Fsp3) is 0. The second-order valence-corrected chi connectivity index (χ2v) is 5.87. The minimum absolute atomic E-state index is 0.0239. The van der Waals surface area contributed by atoms with Gasteiger partial charge < -0.3 is 5.32 Å². The number of amides is 1. The molecule has 0 aromatic heterocycles. The molecule has 3 nitrogen and oxygen atoms in total. The van der Waals surface area contributed by atoms with Crippen molar-refractivity contribution in [3.63, 3.8) is 0 Å². The van der Waals surface area contributed by atoms with E-state index in [1.807, 2.05) is 18.2 Å². The lowest BCUT2D eigenvalue weighted by molar-refractivity contribution is -0.112. The molecule has 0 aliphatic rings. The maximum atomic E-state index is 12.1. The molecular weight excluding hydrogens is 399 g/mol. The second-order valence-electron chi connectivity index (χ2n) is 4.19. The van der Waals surface area contributed by atoms with E-state index in [1.165, 1.54) is 6.08 Å². The third-order valence-corrected chi connectivity index (χ3v) is 3.58. The lowest BCUT2D eigenvalue weighted by Gasteiger charge is -2.04. The molecule has 5 heteroatoms. The van der Waals surface area contributed by atoms with E-state index in [-0.39, 0.29) is 5.57 Å². The summed E-state index contributed by atoms with van der Waals surface area (Å²) in [4.78, 5) is 12.1. The number of hydrogen-bond acceptors (Lipinski definition) is 2. The zero-order valence-corrected chi connectivity index (χ0v) is 13.7. The summed E-state index contributed by atoms with van der Waals surface area (Å²) in [5.41, 5.74) is 1.38. The highest BCUT2D eigenvalue weighted by molar-refractivity contribution is 14.1. The van der Waals surface area contributed by atoms with Crippen LogP contribution in [0.25, 0.3) is 6.08 Å². The summed E-state index contributed by atoms with van der Waals surface area (Å²) < 4.78 is 1.07. The van der Waals surface area contributed by atoms with Crippen molar-refractivity contribution in [3.05, 3.63) is 68.3 Å². The first-order chi connectivity index (χ1) is 10.1. The Balaban J connectivity index is 2.19. The predicted octanol–water partition coefficient (Wildman–Crippen LogP) is 4.49. The van der Waals surface area contributed by atoms with Gasteiger partial charge in [0.2, 0.25) is 0 Å². The van der Waals surface area contributed by atoms with E-state index in [0.29, 0.717) is 16.3 Å². The highest BCUT2D eigenvalue weighted by Gasteiger charge is 2.09. The maximum absolute atomic E-state index is 12.1. The van der Waals surface area contributed by atoms with Gasteiger partial charge in [0.1, 0.15) is 11.6 Å². The average Bonchev–Trinajstić information content (AvgIpc) is 2.47. The van der Waals surface area contributed by atoms with Crippen LogP contribution in [0.4, 0.5) is 5.69 Å². The Morgan fingerprint density at radius 1 is 1.24 bits per heavy atom. The number of hydrogen-bond donors (Lipinski definition) is 1. The van der Waals surface area contributed by atoms with Gasteiger partial charge in [0.25, 0.3) is 5.91 Å². The van der Waals surface area contributed by atoms with E-state index in [0.717, 1.165) is 3.57 Å². The molecule has 2 aromatic carbocycles.